The van der Waals surface area contributed by atoms with Crippen molar-refractivity contribution in [1.82, 2.24) is 9.97 Å². The number of hydrogen-bond acceptors (Lipinski definition) is 6. The van der Waals surface area contributed by atoms with Crippen molar-refractivity contribution < 1.29 is 9.72 Å². The average molecular weight is 481 g/mol. The Labute approximate surface area is 205 Å². The number of rotatable bonds is 5. The first-order valence-corrected chi connectivity index (χ1v) is 11.8. The van der Waals surface area contributed by atoms with Crippen LogP contribution < -0.4 is 5.32 Å². The average Bonchev–Trinajstić information content (AvgIpc) is 3.32. The maximum atomic E-state index is 13.5. The number of nitro groups is 1. The Morgan fingerprint density at radius 2 is 1.60 bits per heavy atom. The minimum absolute atomic E-state index is 0.0157. The van der Waals surface area contributed by atoms with Crippen LogP contribution in [-0.2, 0) is 0 Å². The molecule has 35 heavy (non-hydrogen) atoms. The second kappa shape index (κ2) is 9.08. The summed E-state index contributed by atoms with van der Waals surface area (Å²) in [5.74, 6) is -0.265. The molecule has 0 spiro atoms. The summed E-state index contributed by atoms with van der Waals surface area (Å²) in [7, 11) is 0. The van der Waals surface area contributed by atoms with Crippen molar-refractivity contribution in [1.29, 1.82) is 0 Å². The fraction of sp³-hybridized carbons (Fsp3) is 0.0741. The van der Waals surface area contributed by atoms with Gasteiger partial charge in [-0.2, -0.15) is 0 Å². The molecule has 0 unspecified atom stereocenters. The van der Waals surface area contributed by atoms with E-state index in [1.807, 2.05) is 67.8 Å². The number of aryl methyl sites for hydroxylation is 1. The van der Waals surface area contributed by atoms with Gasteiger partial charge in [0.1, 0.15) is 0 Å². The van der Waals surface area contributed by atoms with E-state index in [2.05, 4.69) is 10.3 Å². The summed E-state index contributed by atoms with van der Waals surface area (Å²) < 4.78 is 0. The highest BCUT2D eigenvalue weighted by molar-refractivity contribution is 7.14. The molecule has 1 N–H and O–H groups in total. The highest BCUT2D eigenvalue weighted by atomic mass is 32.1. The largest absolute Gasteiger partial charge is 0.298 e. The molecule has 0 aliphatic carbocycles. The predicted molar refractivity (Wildman–Crippen MR) is 139 cm³/mol. The molecular weight excluding hydrogens is 460 g/mol. The quantitative estimate of drug-likeness (QED) is 0.220. The van der Waals surface area contributed by atoms with Crippen LogP contribution in [0.3, 0.4) is 0 Å². The summed E-state index contributed by atoms with van der Waals surface area (Å²) in [6.45, 7) is 3.94. The Morgan fingerprint density at radius 1 is 0.914 bits per heavy atom. The van der Waals surface area contributed by atoms with E-state index >= 15 is 0 Å². The fourth-order valence-electron chi connectivity index (χ4n) is 3.97. The van der Waals surface area contributed by atoms with Gasteiger partial charge in [0, 0.05) is 34.0 Å². The third kappa shape index (κ3) is 4.39. The van der Waals surface area contributed by atoms with Crippen molar-refractivity contribution in [2.24, 2.45) is 0 Å². The van der Waals surface area contributed by atoms with Gasteiger partial charge in [0.2, 0.25) is 0 Å². The van der Waals surface area contributed by atoms with Gasteiger partial charge >= 0.3 is 0 Å². The lowest BCUT2D eigenvalue weighted by Crippen LogP contribution is -2.15. The van der Waals surface area contributed by atoms with E-state index in [-0.39, 0.29) is 11.6 Å². The van der Waals surface area contributed by atoms with Crippen LogP contribution in [0.2, 0.25) is 0 Å². The topological polar surface area (TPSA) is 98.0 Å². The summed E-state index contributed by atoms with van der Waals surface area (Å²) in [5, 5.41) is 16.9. The van der Waals surface area contributed by atoms with Gasteiger partial charge in [0.05, 0.1) is 27.4 Å². The van der Waals surface area contributed by atoms with E-state index in [1.54, 1.807) is 12.1 Å². The highest BCUT2D eigenvalue weighted by Crippen LogP contribution is 2.32. The standard InChI is InChI=1S/C27H20N4O3S/c1-16-7-9-19(10-8-16)25-17(2)24(21-5-3-4-6-22(21)28-25)26(32)30-27-29-23(15-35-27)18-11-13-20(14-12-18)31(33)34/h3-15H,1-2H3,(H,29,30,32). The number of nitro benzene ring substituents is 1. The number of non-ortho nitro benzene ring substituents is 1. The molecule has 5 aromatic rings. The maximum absolute atomic E-state index is 13.5. The van der Waals surface area contributed by atoms with Crippen LogP contribution >= 0.6 is 11.3 Å². The van der Waals surface area contributed by atoms with E-state index in [9.17, 15) is 14.9 Å². The summed E-state index contributed by atoms with van der Waals surface area (Å²) >= 11 is 1.30. The van der Waals surface area contributed by atoms with Crippen LogP contribution in [0.25, 0.3) is 33.4 Å². The van der Waals surface area contributed by atoms with Crippen LogP contribution in [0.4, 0.5) is 10.8 Å². The van der Waals surface area contributed by atoms with Crippen molar-refractivity contribution >= 4 is 39.0 Å². The molecule has 7 nitrogen and oxygen atoms in total. The van der Waals surface area contributed by atoms with E-state index < -0.39 is 4.92 Å². The first-order valence-electron chi connectivity index (χ1n) is 10.9. The number of carbonyl (C=O) groups is 1. The SMILES string of the molecule is Cc1ccc(-c2nc3ccccc3c(C(=O)Nc3nc(-c4ccc([N+](=O)[O-])cc4)cs3)c2C)cc1. The van der Waals surface area contributed by atoms with Gasteiger partial charge in [-0.15, -0.1) is 11.3 Å². The van der Waals surface area contributed by atoms with Gasteiger partial charge in [0.25, 0.3) is 11.6 Å². The van der Waals surface area contributed by atoms with Crippen molar-refractivity contribution in [3.8, 4) is 22.5 Å². The van der Waals surface area contributed by atoms with E-state index in [0.29, 0.717) is 16.4 Å². The molecular formula is C27H20N4O3S. The molecule has 0 bridgehead atoms. The molecule has 172 valence electrons. The summed E-state index contributed by atoms with van der Waals surface area (Å²) in [6, 6.07) is 21.8. The lowest BCUT2D eigenvalue weighted by Gasteiger charge is -2.14. The first kappa shape index (κ1) is 22.4. The molecule has 0 aliphatic rings. The number of nitrogens with one attached hydrogen (secondary N) is 1. The number of thiazole rings is 1. The summed E-state index contributed by atoms with van der Waals surface area (Å²) in [6.07, 6.45) is 0. The van der Waals surface area contributed by atoms with Gasteiger partial charge in [-0.25, -0.2) is 9.97 Å². The molecule has 0 atom stereocenters. The molecule has 2 heterocycles. The van der Waals surface area contributed by atoms with Gasteiger partial charge < -0.3 is 0 Å². The summed E-state index contributed by atoms with van der Waals surface area (Å²) in [5.41, 5.74) is 6.33. The predicted octanol–water partition coefficient (Wildman–Crippen LogP) is 6.80. The number of hydrogen-bond donors (Lipinski definition) is 1. The van der Waals surface area contributed by atoms with Crippen LogP contribution in [0.15, 0.2) is 78.2 Å². The van der Waals surface area contributed by atoms with Gasteiger partial charge in [-0.05, 0) is 37.6 Å². The number of pyridine rings is 1. The van der Waals surface area contributed by atoms with Crippen molar-refractivity contribution in [3.63, 3.8) is 0 Å². The lowest BCUT2D eigenvalue weighted by atomic mass is 9.97. The number of para-hydroxylation sites is 1. The van der Waals surface area contributed by atoms with Crippen LogP contribution in [0, 0.1) is 24.0 Å². The second-order valence-corrected chi connectivity index (χ2v) is 9.00. The molecule has 2 aromatic heterocycles. The molecule has 0 aliphatic heterocycles. The fourth-order valence-corrected chi connectivity index (χ4v) is 4.68. The van der Waals surface area contributed by atoms with Crippen molar-refractivity contribution in [3.05, 3.63) is 105 Å². The minimum atomic E-state index is -0.442. The molecule has 0 saturated carbocycles. The molecule has 3 aromatic carbocycles. The molecule has 1 amide bonds. The summed E-state index contributed by atoms with van der Waals surface area (Å²) in [4.78, 5) is 33.3. The number of benzene rings is 3. The number of carbonyl (C=O) groups excluding carboxylic acids is 1. The molecule has 5 rings (SSSR count). The molecule has 0 radical (unpaired) electrons. The Kier molecular flexibility index (Phi) is 5.80. The zero-order valence-electron chi connectivity index (χ0n) is 19.0. The maximum Gasteiger partial charge on any atom is 0.269 e. The first-order chi connectivity index (χ1) is 16.9. The Bertz CT molecular complexity index is 1580. The van der Waals surface area contributed by atoms with Gasteiger partial charge in [0.15, 0.2) is 5.13 Å². The Balaban J connectivity index is 1.50. The lowest BCUT2D eigenvalue weighted by molar-refractivity contribution is -0.384. The smallest absolute Gasteiger partial charge is 0.269 e. The van der Waals surface area contributed by atoms with Crippen LogP contribution in [0.1, 0.15) is 21.5 Å². The van der Waals surface area contributed by atoms with Crippen LogP contribution in [0.5, 0.6) is 0 Å². The van der Waals surface area contributed by atoms with Gasteiger partial charge in [-0.1, -0.05) is 48.0 Å². The monoisotopic (exact) mass is 480 g/mol. The molecule has 0 fully saturated rings. The number of aromatic nitrogens is 2. The molecule has 0 saturated heterocycles. The number of fused-ring (bicyclic) bond motifs is 1. The zero-order valence-corrected chi connectivity index (χ0v) is 19.8. The zero-order chi connectivity index (χ0) is 24.5. The third-order valence-corrected chi connectivity index (χ3v) is 6.54. The number of nitrogens with zero attached hydrogens (tertiary/aromatic N) is 3. The Hall–Kier alpha value is -4.43. The van der Waals surface area contributed by atoms with E-state index in [0.717, 1.165) is 38.9 Å². The second-order valence-electron chi connectivity index (χ2n) is 8.14. The number of anilines is 1. The van der Waals surface area contributed by atoms with E-state index in [4.69, 9.17) is 4.98 Å². The van der Waals surface area contributed by atoms with Crippen molar-refractivity contribution in [2.45, 2.75) is 13.8 Å². The normalized spacial score (nSPS) is 10.9. The molecule has 8 heteroatoms. The van der Waals surface area contributed by atoms with Gasteiger partial charge in [-0.3, -0.25) is 20.2 Å². The van der Waals surface area contributed by atoms with Crippen molar-refractivity contribution in [2.75, 3.05) is 5.32 Å². The minimum Gasteiger partial charge on any atom is -0.298 e. The third-order valence-electron chi connectivity index (χ3n) is 5.79. The van der Waals surface area contributed by atoms with E-state index in [1.165, 1.54) is 23.5 Å². The number of amides is 1. The highest BCUT2D eigenvalue weighted by Gasteiger charge is 2.20. The van der Waals surface area contributed by atoms with Crippen LogP contribution in [-0.4, -0.2) is 20.8 Å². The Morgan fingerprint density at radius 3 is 2.31 bits per heavy atom.